The standard InChI is InChI=1S/C14H18N4O2/c1-3-20-13-11(5-4-6-12(13)15)14(19)18-9(2)10-7-16-17-8-10/h4-9H,3,15H2,1-2H3,(H,16,17)(H,18,19). The lowest BCUT2D eigenvalue weighted by atomic mass is 10.1. The van der Waals surface area contributed by atoms with Crippen LogP contribution >= 0.6 is 0 Å². The van der Waals surface area contributed by atoms with Crippen molar-refractivity contribution in [3.05, 3.63) is 41.7 Å². The van der Waals surface area contributed by atoms with Crippen molar-refractivity contribution in [2.75, 3.05) is 12.3 Å². The van der Waals surface area contributed by atoms with Gasteiger partial charge in [-0.25, -0.2) is 0 Å². The lowest BCUT2D eigenvalue weighted by molar-refractivity contribution is 0.0936. The van der Waals surface area contributed by atoms with E-state index in [2.05, 4.69) is 15.5 Å². The summed E-state index contributed by atoms with van der Waals surface area (Å²) in [6, 6.07) is 4.98. The van der Waals surface area contributed by atoms with Crippen LogP contribution in [-0.2, 0) is 0 Å². The fraction of sp³-hybridized carbons (Fsp3) is 0.286. The molecule has 0 fully saturated rings. The quantitative estimate of drug-likeness (QED) is 0.726. The minimum Gasteiger partial charge on any atom is -0.491 e. The van der Waals surface area contributed by atoms with Gasteiger partial charge >= 0.3 is 0 Å². The molecule has 0 bridgehead atoms. The molecule has 6 nitrogen and oxygen atoms in total. The number of para-hydroxylation sites is 1. The van der Waals surface area contributed by atoms with Crippen LogP contribution < -0.4 is 15.8 Å². The number of hydrogen-bond donors (Lipinski definition) is 3. The average Bonchev–Trinajstić information content (AvgIpc) is 2.95. The van der Waals surface area contributed by atoms with Gasteiger partial charge in [0.25, 0.3) is 5.91 Å². The van der Waals surface area contributed by atoms with Gasteiger partial charge in [-0.3, -0.25) is 9.89 Å². The van der Waals surface area contributed by atoms with Gasteiger partial charge in [-0.2, -0.15) is 5.10 Å². The Hall–Kier alpha value is -2.50. The average molecular weight is 274 g/mol. The topological polar surface area (TPSA) is 93.0 Å². The van der Waals surface area contributed by atoms with E-state index in [-0.39, 0.29) is 11.9 Å². The Morgan fingerprint density at radius 2 is 2.35 bits per heavy atom. The second-order valence-electron chi connectivity index (χ2n) is 4.38. The minimum atomic E-state index is -0.227. The second kappa shape index (κ2) is 6.10. The molecule has 0 spiro atoms. The summed E-state index contributed by atoms with van der Waals surface area (Å²) < 4.78 is 5.46. The Labute approximate surface area is 117 Å². The zero-order chi connectivity index (χ0) is 14.5. The van der Waals surface area contributed by atoms with Crippen LogP contribution in [0.3, 0.4) is 0 Å². The van der Waals surface area contributed by atoms with Crippen molar-refractivity contribution >= 4 is 11.6 Å². The number of carbonyl (C=O) groups excluding carboxylic acids is 1. The molecule has 0 saturated heterocycles. The molecular weight excluding hydrogens is 256 g/mol. The van der Waals surface area contributed by atoms with Crippen molar-refractivity contribution in [1.29, 1.82) is 0 Å². The van der Waals surface area contributed by atoms with E-state index >= 15 is 0 Å². The van der Waals surface area contributed by atoms with Gasteiger partial charge in [-0.1, -0.05) is 6.07 Å². The Bertz CT molecular complexity index is 581. The molecule has 0 radical (unpaired) electrons. The van der Waals surface area contributed by atoms with Gasteiger partial charge < -0.3 is 15.8 Å². The molecule has 1 atom stereocenters. The third kappa shape index (κ3) is 2.90. The molecule has 1 heterocycles. The maximum atomic E-state index is 12.3. The Morgan fingerprint density at radius 3 is 3.00 bits per heavy atom. The molecule has 106 valence electrons. The number of nitrogens with two attached hydrogens (primary N) is 1. The van der Waals surface area contributed by atoms with Crippen molar-refractivity contribution < 1.29 is 9.53 Å². The molecule has 2 rings (SSSR count). The highest BCUT2D eigenvalue weighted by atomic mass is 16.5. The van der Waals surface area contributed by atoms with Gasteiger partial charge in [0.05, 0.1) is 30.1 Å². The number of H-pyrrole nitrogens is 1. The highest BCUT2D eigenvalue weighted by molar-refractivity contribution is 5.98. The number of amides is 1. The SMILES string of the molecule is CCOc1c(N)cccc1C(=O)NC(C)c1cn[nH]c1. The first-order valence-corrected chi connectivity index (χ1v) is 6.44. The number of carbonyl (C=O) groups is 1. The summed E-state index contributed by atoms with van der Waals surface area (Å²) in [5.41, 5.74) is 7.64. The minimum absolute atomic E-state index is 0.155. The molecule has 0 aliphatic heterocycles. The number of aromatic amines is 1. The van der Waals surface area contributed by atoms with Crippen LogP contribution in [0.4, 0.5) is 5.69 Å². The predicted octanol–water partition coefficient (Wildman–Crippen LogP) is 1.88. The largest absolute Gasteiger partial charge is 0.491 e. The van der Waals surface area contributed by atoms with Gasteiger partial charge in [0.2, 0.25) is 0 Å². The smallest absolute Gasteiger partial charge is 0.255 e. The van der Waals surface area contributed by atoms with E-state index < -0.39 is 0 Å². The number of hydrogen-bond acceptors (Lipinski definition) is 4. The number of nitrogen functional groups attached to an aromatic ring is 1. The van der Waals surface area contributed by atoms with E-state index in [1.165, 1.54) is 0 Å². The molecule has 0 aliphatic rings. The molecule has 1 aromatic heterocycles. The van der Waals surface area contributed by atoms with Crippen molar-refractivity contribution in [1.82, 2.24) is 15.5 Å². The van der Waals surface area contributed by atoms with Crippen LogP contribution in [-0.4, -0.2) is 22.7 Å². The lowest BCUT2D eigenvalue weighted by Crippen LogP contribution is -2.27. The molecule has 4 N–H and O–H groups in total. The van der Waals surface area contributed by atoms with Crippen molar-refractivity contribution in [3.8, 4) is 5.75 Å². The molecule has 1 aromatic carbocycles. The van der Waals surface area contributed by atoms with E-state index in [1.54, 1.807) is 30.6 Å². The lowest BCUT2D eigenvalue weighted by Gasteiger charge is -2.15. The Kier molecular flexibility index (Phi) is 4.24. The molecule has 0 saturated carbocycles. The van der Waals surface area contributed by atoms with E-state index in [0.717, 1.165) is 5.56 Å². The fourth-order valence-corrected chi connectivity index (χ4v) is 1.89. The molecule has 2 aromatic rings. The maximum absolute atomic E-state index is 12.3. The van der Waals surface area contributed by atoms with Crippen molar-refractivity contribution in [2.24, 2.45) is 0 Å². The first-order chi connectivity index (χ1) is 9.63. The third-order valence-corrected chi connectivity index (χ3v) is 2.95. The van der Waals surface area contributed by atoms with E-state index in [9.17, 15) is 4.79 Å². The van der Waals surface area contributed by atoms with Gasteiger partial charge in [0, 0.05) is 11.8 Å². The van der Waals surface area contributed by atoms with Gasteiger partial charge in [0.15, 0.2) is 5.75 Å². The van der Waals surface area contributed by atoms with Gasteiger partial charge in [-0.15, -0.1) is 0 Å². The van der Waals surface area contributed by atoms with Crippen LogP contribution in [0.2, 0.25) is 0 Å². The fourth-order valence-electron chi connectivity index (χ4n) is 1.89. The summed E-state index contributed by atoms with van der Waals surface area (Å²) in [5, 5.41) is 9.47. The summed E-state index contributed by atoms with van der Waals surface area (Å²) in [5.74, 6) is 0.196. The summed E-state index contributed by atoms with van der Waals surface area (Å²) in [6.45, 7) is 4.18. The third-order valence-electron chi connectivity index (χ3n) is 2.95. The van der Waals surface area contributed by atoms with Crippen LogP contribution in [0.15, 0.2) is 30.6 Å². The monoisotopic (exact) mass is 274 g/mol. The highest BCUT2D eigenvalue weighted by Crippen LogP contribution is 2.26. The second-order valence-corrected chi connectivity index (χ2v) is 4.38. The summed E-state index contributed by atoms with van der Waals surface area (Å²) in [7, 11) is 0. The number of nitrogens with zero attached hydrogens (tertiary/aromatic N) is 1. The molecule has 20 heavy (non-hydrogen) atoms. The van der Waals surface area contributed by atoms with E-state index in [4.69, 9.17) is 10.5 Å². The van der Waals surface area contributed by atoms with Crippen LogP contribution in [0.1, 0.15) is 35.8 Å². The van der Waals surface area contributed by atoms with Gasteiger partial charge in [-0.05, 0) is 26.0 Å². The maximum Gasteiger partial charge on any atom is 0.255 e. The Balaban J connectivity index is 2.19. The van der Waals surface area contributed by atoms with E-state index in [1.807, 2.05) is 13.8 Å². The zero-order valence-corrected chi connectivity index (χ0v) is 11.5. The molecule has 0 aliphatic carbocycles. The molecule has 1 amide bonds. The predicted molar refractivity (Wildman–Crippen MR) is 76.5 cm³/mol. The normalized spacial score (nSPS) is 11.9. The first kappa shape index (κ1) is 13.9. The summed E-state index contributed by atoms with van der Waals surface area (Å²) in [6.07, 6.45) is 3.42. The molecule has 1 unspecified atom stereocenters. The number of rotatable bonds is 5. The number of aromatic nitrogens is 2. The highest BCUT2D eigenvalue weighted by Gasteiger charge is 2.17. The summed E-state index contributed by atoms with van der Waals surface area (Å²) >= 11 is 0. The van der Waals surface area contributed by atoms with Crippen LogP contribution in [0.25, 0.3) is 0 Å². The van der Waals surface area contributed by atoms with Crippen molar-refractivity contribution in [3.63, 3.8) is 0 Å². The number of ether oxygens (including phenoxy) is 1. The summed E-state index contributed by atoms with van der Waals surface area (Å²) in [4.78, 5) is 12.3. The number of nitrogens with one attached hydrogen (secondary N) is 2. The number of benzene rings is 1. The van der Waals surface area contributed by atoms with Gasteiger partial charge in [0.1, 0.15) is 0 Å². The first-order valence-electron chi connectivity index (χ1n) is 6.44. The molecular formula is C14H18N4O2. The van der Waals surface area contributed by atoms with Crippen LogP contribution in [0.5, 0.6) is 5.75 Å². The number of anilines is 1. The van der Waals surface area contributed by atoms with Crippen LogP contribution in [0, 0.1) is 0 Å². The van der Waals surface area contributed by atoms with E-state index in [0.29, 0.717) is 23.6 Å². The molecule has 6 heteroatoms. The zero-order valence-electron chi connectivity index (χ0n) is 11.5. The van der Waals surface area contributed by atoms with Crippen molar-refractivity contribution in [2.45, 2.75) is 19.9 Å². The Morgan fingerprint density at radius 1 is 1.55 bits per heavy atom.